The van der Waals surface area contributed by atoms with Gasteiger partial charge in [-0.2, -0.15) is 0 Å². The van der Waals surface area contributed by atoms with Crippen LogP contribution in [0.5, 0.6) is 0 Å². The Kier molecular flexibility index (Phi) is 9.16. The topological polar surface area (TPSA) is 53.6 Å². The van der Waals surface area contributed by atoms with E-state index in [-0.39, 0.29) is 30.7 Å². The van der Waals surface area contributed by atoms with Gasteiger partial charge in [-0.3, -0.25) is 4.79 Å². The number of ether oxygens (including phenoxy) is 1. The van der Waals surface area contributed by atoms with Crippen molar-refractivity contribution in [2.24, 2.45) is 5.92 Å². The van der Waals surface area contributed by atoms with Crippen molar-refractivity contribution >= 4 is 53.7 Å². The van der Waals surface area contributed by atoms with Crippen LogP contribution in [0.1, 0.15) is 12.8 Å². The molecule has 1 aromatic carbocycles. The van der Waals surface area contributed by atoms with Gasteiger partial charge in [0.25, 0.3) is 0 Å². The van der Waals surface area contributed by atoms with Crippen LogP contribution in [0.4, 0.5) is 11.4 Å². The summed E-state index contributed by atoms with van der Waals surface area (Å²) in [5.74, 6) is 0.736. The van der Waals surface area contributed by atoms with Crippen LogP contribution in [0.25, 0.3) is 0 Å². The van der Waals surface area contributed by atoms with Gasteiger partial charge in [0.15, 0.2) is 0 Å². The van der Waals surface area contributed by atoms with Crippen LogP contribution in [0.2, 0.25) is 5.02 Å². The van der Waals surface area contributed by atoms with E-state index in [0.717, 1.165) is 36.9 Å². The zero-order valence-electron chi connectivity index (χ0n) is 13.4. The Labute approximate surface area is 160 Å². The minimum atomic E-state index is -0.0302. The van der Waals surface area contributed by atoms with Gasteiger partial charge in [-0.05, 0) is 37.4 Å². The third-order valence-corrected chi connectivity index (χ3v) is 4.31. The lowest BCUT2D eigenvalue weighted by molar-refractivity contribution is -0.115. The SMILES string of the molecule is Cl.Cl.O=C(CNCC1CC1)Nc1cccc(Cl)c1N1CCOCC1. The molecule has 24 heavy (non-hydrogen) atoms. The number of halogens is 3. The molecule has 1 amide bonds. The molecule has 0 bridgehead atoms. The highest BCUT2D eigenvalue weighted by atomic mass is 35.5. The van der Waals surface area contributed by atoms with Gasteiger partial charge < -0.3 is 20.3 Å². The summed E-state index contributed by atoms with van der Waals surface area (Å²) >= 11 is 6.35. The molecular formula is C16H24Cl3N3O2. The molecule has 1 saturated carbocycles. The molecule has 1 aliphatic heterocycles. The zero-order chi connectivity index (χ0) is 15.4. The van der Waals surface area contributed by atoms with Crippen molar-refractivity contribution < 1.29 is 9.53 Å². The van der Waals surface area contributed by atoms with Crippen molar-refractivity contribution in [2.45, 2.75) is 12.8 Å². The summed E-state index contributed by atoms with van der Waals surface area (Å²) in [5, 5.41) is 6.83. The average Bonchev–Trinajstić information content (AvgIpc) is 3.32. The van der Waals surface area contributed by atoms with Gasteiger partial charge in [-0.1, -0.05) is 17.7 Å². The molecule has 0 atom stereocenters. The van der Waals surface area contributed by atoms with E-state index in [4.69, 9.17) is 16.3 Å². The van der Waals surface area contributed by atoms with Gasteiger partial charge in [-0.15, -0.1) is 24.8 Å². The van der Waals surface area contributed by atoms with Crippen molar-refractivity contribution in [3.05, 3.63) is 23.2 Å². The van der Waals surface area contributed by atoms with Crippen LogP contribution < -0.4 is 15.5 Å². The number of amides is 1. The molecule has 136 valence electrons. The lowest BCUT2D eigenvalue weighted by Crippen LogP contribution is -2.37. The van der Waals surface area contributed by atoms with E-state index in [1.54, 1.807) is 0 Å². The van der Waals surface area contributed by atoms with E-state index in [1.807, 2.05) is 18.2 Å². The van der Waals surface area contributed by atoms with Crippen molar-refractivity contribution in [1.82, 2.24) is 5.32 Å². The van der Waals surface area contributed by atoms with Crippen LogP contribution >= 0.6 is 36.4 Å². The minimum absolute atomic E-state index is 0. The van der Waals surface area contributed by atoms with Gasteiger partial charge in [-0.25, -0.2) is 0 Å². The molecule has 0 spiro atoms. The number of carbonyl (C=O) groups is 1. The predicted octanol–water partition coefficient (Wildman–Crippen LogP) is 2.96. The number of rotatable bonds is 6. The first kappa shape index (κ1) is 21.3. The van der Waals surface area contributed by atoms with Crippen LogP contribution in [0.3, 0.4) is 0 Å². The van der Waals surface area contributed by atoms with Gasteiger partial charge >= 0.3 is 0 Å². The standard InChI is InChI=1S/C16H22ClN3O2.2ClH/c17-13-2-1-3-14(16(13)20-6-8-22-9-7-20)19-15(21)11-18-10-12-4-5-12;;/h1-3,12,18H,4-11H2,(H,19,21);2*1H. The number of anilines is 2. The van der Waals surface area contributed by atoms with Crippen molar-refractivity contribution in [3.8, 4) is 0 Å². The quantitative estimate of drug-likeness (QED) is 0.776. The first-order chi connectivity index (χ1) is 10.7. The fraction of sp³-hybridized carbons (Fsp3) is 0.562. The van der Waals surface area contributed by atoms with Gasteiger partial charge in [0, 0.05) is 13.1 Å². The van der Waals surface area contributed by atoms with Gasteiger partial charge in [0.1, 0.15) is 0 Å². The molecule has 5 nitrogen and oxygen atoms in total. The predicted molar refractivity (Wildman–Crippen MR) is 103 cm³/mol. The lowest BCUT2D eigenvalue weighted by Gasteiger charge is -2.31. The van der Waals surface area contributed by atoms with Crippen LogP contribution in [-0.2, 0) is 9.53 Å². The first-order valence-electron chi connectivity index (χ1n) is 7.86. The highest BCUT2D eigenvalue weighted by Gasteiger charge is 2.21. The minimum Gasteiger partial charge on any atom is -0.378 e. The third kappa shape index (κ3) is 5.97. The van der Waals surface area contributed by atoms with Crippen LogP contribution in [0, 0.1) is 5.92 Å². The Morgan fingerprint density at radius 1 is 1.25 bits per heavy atom. The Morgan fingerprint density at radius 3 is 2.62 bits per heavy atom. The molecule has 1 aromatic rings. The molecule has 1 heterocycles. The summed E-state index contributed by atoms with van der Waals surface area (Å²) in [6.45, 7) is 4.20. The molecular weight excluding hydrogens is 373 g/mol. The highest BCUT2D eigenvalue weighted by molar-refractivity contribution is 6.34. The number of nitrogens with one attached hydrogen (secondary N) is 2. The number of para-hydroxylation sites is 1. The number of carbonyl (C=O) groups excluding carboxylic acids is 1. The molecule has 0 unspecified atom stereocenters. The monoisotopic (exact) mass is 395 g/mol. The number of nitrogens with zero attached hydrogens (tertiary/aromatic N) is 1. The summed E-state index contributed by atoms with van der Waals surface area (Å²) in [6, 6.07) is 5.61. The van der Waals surface area contributed by atoms with E-state index in [9.17, 15) is 4.79 Å². The molecule has 8 heteroatoms. The van der Waals surface area contributed by atoms with Crippen molar-refractivity contribution in [1.29, 1.82) is 0 Å². The maximum Gasteiger partial charge on any atom is 0.238 e. The smallest absolute Gasteiger partial charge is 0.238 e. The maximum atomic E-state index is 12.1. The van der Waals surface area contributed by atoms with E-state index < -0.39 is 0 Å². The Hall–Kier alpha value is -0.720. The molecule has 2 fully saturated rings. The van der Waals surface area contributed by atoms with E-state index in [1.165, 1.54) is 12.8 Å². The van der Waals surface area contributed by atoms with Crippen molar-refractivity contribution in [3.63, 3.8) is 0 Å². The number of hydrogen-bond acceptors (Lipinski definition) is 4. The molecule has 2 N–H and O–H groups in total. The first-order valence-corrected chi connectivity index (χ1v) is 8.23. The molecule has 2 aliphatic rings. The second-order valence-corrected chi connectivity index (χ2v) is 6.27. The van der Waals surface area contributed by atoms with E-state index >= 15 is 0 Å². The Balaban J connectivity index is 0.00000144. The fourth-order valence-corrected chi connectivity index (χ4v) is 2.92. The summed E-state index contributed by atoms with van der Waals surface area (Å²) in [5.41, 5.74) is 1.66. The van der Waals surface area contributed by atoms with Crippen molar-refractivity contribution in [2.75, 3.05) is 49.6 Å². The molecule has 0 aromatic heterocycles. The largest absolute Gasteiger partial charge is 0.378 e. The summed E-state index contributed by atoms with van der Waals surface area (Å²) < 4.78 is 5.38. The zero-order valence-corrected chi connectivity index (χ0v) is 15.8. The molecule has 3 rings (SSSR count). The molecule has 1 saturated heterocycles. The van der Waals surface area contributed by atoms with Crippen LogP contribution in [-0.4, -0.2) is 45.3 Å². The highest BCUT2D eigenvalue weighted by Crippen LogP contribution is 2.34. The second kappa shape index (κ2) is 10.3. The Morgan fingerprint density at radius 2 is 1.96 bits per heavy atom. The Bertz CT molecular complexity index is 535. The number of morpholine rings is 1. The van der Waals surface area contributed by atoms with Gasteiger partial charge in [0.05, 0.1) is 36.2 Å². The summed E-state index contributed by atoms with van der Waals surface area (Å²) in [7, 11) is 0. The number of benzene rings is 1. The maximum absolute atomic E-state index is 12.1. The molecule has 0 radical (unpaired) electrons. The normalized spacial score (nSPS) is 16.8. The second-order valence-electron chi connectivity index (χ2n) is 5.86. The fourth-order valence-electron chi connectivity index (χ4n) is 2.63. The van der Waals surface area contributed by atoms with E-state index in [0.29, 0.717) is 24.8 Å². The molecule has 1 aliphatic carbocycles. The van der Waals surface area contributed by atoms with Gasteiger partial charge in [0.2, 0.25) is 5.91 Å². The summed E-state index contributed by atoms with van der Waals surface area (Å²) in [4.78, 5) is 14.3. The number of hydrogen-bond donors (Lipinski definition) is 2. The lowest BCUT2D eigenvalue weighted by atomic mass is 10.2. The average molecular weight is 397 g/mol. The summed E-state index contributed by atoms with van der Waals surface area (Å²) in [6.07, 6.45) is 2.56. The van der Waals surface area contributed by atoms with E-state index in [2.05, 4.69) is 15.5 Å². The third-order valence-electron chi connectivity index (χ3n) is 4.00. The van der Waals surface area contributed by atoms with Crippen LogP contribution in [0.15, 0.2) is 18.2 Å².